The average molecular weight is 320 g/mol. The highest BCUT2D eigenvalue weighted by atomic mass is 79.9. The van der Waals surface area contributed by atoms with Crippen molar-refractivity contribution in [3.63, 3.8) is 0 Å². The van der Waals surface area contributed by atoms with E-state index >= 15 is 0 Å². The quantitative estimate of drug-likeness (QED) is 0.620. The third-order valence-electron chi connectivity index (χ3n) is 1.37. The lowest BCUT2D eigenvalue weighted by molar-refractivity contribution is -0.0501. The van der Waals surface area contributed by atoms with Crippen molar-refractivity contribution >= 4 is 26.0 Å². The minimum atomic E-state index is -5.67. The maximum Gasteiger partial charge on any atom is 0.534 e. The number of halogens is 4. The van der Waals surface area contributed by atoms with Crippen LogP contribution in [0.1, 0.15) is 5.69 Å². The van der Waals surface area contributed by atoms with Crippen molar-refractivity contribution in [2.24, 2.45) is 0 Å². The lowest BCUT2D eigenvalue weighted by atomic mass is 10.4. The van der Waals surface area contributed by atoms with Gasteiger partial charge in [-0.05, 0) is 13.0 Å². The summed E-state index contributed by atoms with van der Waals surface area (Å²) in [7, 11) is -5.67. The Morgan fingerprint density at radius 1 is 1.38 bits per heavy atom. The molecule has 0 aliphatic heterocycles. The second-order valence-electron chi connectivity index (χ2n) is 2.75. The molecule has 0 aliphatic rings. The van der Waals surface area contributed by atoms with E-state index in [4.69, 9.17) is 0 Å². The first kappa shape index (κ1) is 13.2. The fourth-order valence-corrected chi connectivity index (χ4v) is 1.73. The molecule has 16 heavy (non-hydrogen) atoms. The molecule has 9 heteroatoms. The topological polar surface area (TPSA) is 56.3 Å². The summed E-state index contributed by atoms with van der Waals surface area (Å²) in [6, 6.07) is 2.52. The van der Waals surface area contributed by atoms with Crippen molar-refractivity contribution < 1.29 is 25.8 Å². The summed E-state index contributed by atoms with van der Waals surface area (Å²) in [6.45, 7) is 1.48. The SMILES string of the molecule is Cc1cc(Br)cc(OS(=O)(=O)C(F)(F)F)n1. The molecule has 0 saturated heterocycles. The van der Waals surface area contributed by atoms with Gasteiger partial charge in [0.1, 0.15) is 0 Å². The predicted octanol–water partition coefficient (Wildman–Crippen LogP) is 2.38. The minimum absolute atomic E-state index is 0.321. The Kier molecular flexibility index (Phi) is 3.48. The van der Waals surface area contributed by atoms with Crippen LogP contribution in [0.5, 0.6) is 5.88 Å². The van der Waals surface area contributed by atoms with Crippen molar-refractivity contribution in [1.29, 1.82) is 0 Å². The molecule has 0 aromatic carbocycles. The number of aryl methyl sites for hydroxylation is 1. The van der Waals surface area contributed by atoms with Gasteiger partial charge in [-0.2, -0.15) is 21.6 Å². The number of rotatable bonds is 2. The Bertz CT molecular complexity index is 480. The molecule has 0 bridgehead atoms. The van der Waals surface area contributed by atoms with Gasteiger partial charge in [-0.1, -0.05) is 15.9 Å². The van der Waals surface area contributed by atoms with Gasteiger partial charge in [0.2, 0.25) is 5.88 Å². The van der Waals surface area contributed by atoms with Gasteiger partial charge in [-0.3, -0.25) is 0 Å². The Balaban J connectivity index is 3.07. The first-order valence-corrected chi connectivity index (χ1v) is 5.97. The average Bonchev–Trinajstić information content (AvgIpc) is 1.97. The van der Waals surface area contributed by atoms with E-state index in [9.17, 15) is 21.6 Å². The van der Waals surface area contributed by atoms with Crippen LogP contribution in [0.15, 0.2) is 16.6 Å². The summed E-state index contributed by atoms with van der Waals surface area (Å²) >= 11 is 2.97. The Morgan fingerprint density at radius 3 is 2.38 bits per heavy atom. The summed E-state index contributed by atoms with van der Waals surface area (Å²) in [6.07, 6.45) is 0. The van der Waals surface area contributed by atoms with Gasteiger partial charge in [0, 0.05) is 16.2 Å². The Hall–Kier alpha value is -0.830. The van der Waals surface area contributed by atoms with Gasteiger partial charge in [-0.25, -0.2) is 4.98 Å². The zero-order valence-electron chi connectivity index (χ0n) is 7.75. The van der Waals surface area contributed by atoms with Gasteiger partial charge in [-0.15, -0.1) is 0 Å². The Labute approximate surface area is 97.7 Å². The highest BCUT2D eigenvalue weighted by Gasteiger charge is 2.48. The zero-order valence-corrected chi connectivity index (χ0v) is 10.1. The summed E-state index contributed by atoms with van der Waals surface area (Å²) < 4.78 is 61.4. The molecule has 0 amide bonds. The van der Waals surface area contributed by atoms with E-state index in [1.54, 1.807) is 0 Å². The highest BCUT2D eigenvalue weighted by Crippen LogP contribution is 2.27. The molecule has 0 spiro atoms. The van der Waals surface area contributed by atoms with E-state index < -0.39 is 21.5 Å². The second-order valence-corrected chi connectivity index (χ2v) is 5.20. The van der Waals surface area contributed by atoms with Crippen molar-refractivity contribution in [3.05, 3.63) is 22.3 Å². The molecule has 1 aromatic rings. The van der Waals surface area contributed by atoms with Gasteiger partial charge in [0.05, 0.1) is 0 Å². The van der Waals surface area contributed by atoms with Crippen LogP contribution in [-0.2, 0) is 10.1 Å². The third kappa shape index (κ3) is 3.08. The number of hydrogen-bond donors (Lipinski definition) is 0. The van der Waals surface area contributed by atoms with Crippen molar-refractivity contribution in [2.75, 3.05) is 0 Å². The monoisotopic (exact) mass is 319 g/mol. The number of nitrogens with zero attached hydrogens (tertiary/aromatic N) is 1. The standard InChI is InChI=1S/C7H5BrF3NO3S/c1-4-2-5(8)3-6(12-4)15-16(13,14)7(9,10)11/h2-3H,1H3. The molecule has 0 saturated carbocycles. The smallest absolute Gasteiger partial charge is 0.355 e. The molecule has 4 nitrogen and oxygen atoms in total. The molecular formula is C7H5BrF3NO3S. The van der Waals surface area contributed by atoms with Gasteiger partial charge >= 0.3 is 15.6 Å². The van der Waals surface area contributed by atoms with Crippen LogP contribution in [0.25, 0.3) is 0 Å². The maximum atomic E-state index is 12.0. The van der Waals surface area contributed by atoms with E-state index in [0.717, 1.165) is 6.07 Å². The molecular weight excluding hydrogens is 315 g/mol. The zero-order chi connectivity index (χ0) is 12.6. The number of aromatic nitrogens is 1. The lowest BCUT2D eigenvalue weighted by Crippen LogP contribution is -2.28. The summed E-state index contributed by atoms with van der Waals surface area (Å²) in [4.78, 5) is 3.50. The van der Waals surface area contributed by atoms with E-state index in [0.29, 0.717) is 10.2 Å². The minimum Gasteiger partial charge on any atom is -0.355 e. The van der Waals surface area contributed by atoms with Crippen LogP contribution in [0, 0.1) is 6.92 Å². The first-order chi connectivity index (χ1) is 7.12. The fourth-order valence-electron chi connectivity index (χ4n) is 0.800. The van der Waals surface area contributed by atoms with Crippen molar-refractivity contribution in [2.45, 2.75) is 12.4 Å². The molecule has 1 aromatic heterocycles. The van der Waals surface area contributed by atoms with Crippen LogP contribution < -0.4 is 4.18 Å². The lowest BCUT2D eigenvalue weighted by Gasteiger charge is -2.09. The molecule has 0 N–H and O–H groups in total. The number of hydrogen-bond acceptors (Lipinski definition) is 4. The summed E-state index contributed by atoms with van der Waals surface area (Å²) in [5, 5.41) is 0. The molecule has 0 unspecified atom stereocenters. The Morgan fingerprint density at radius 2 is 1.94 bits per heavy atom. The molecule has 1 heterocycles. The largest absolute Gasteiger partial charge is 0.534 e. The first-order valence-electron chi connectivity index (χ1n) is 3.77. The molecule has 0 atom stereocenters. The van der Waals surface area contributed by atoms with Crippen molar-refractivity contribution in [3.8, 4) is 5.88 Å². The van der Waals surface area contributed by atoms with Crippen LogP contribution in [-0.4, -0.2) is 18.9 Å². The molecule has 90 valence electrons. The second kappa shape index (κ2) is 4.21. The third-order valence-corrected chi connectivity index (χ3v) is 2.79. The van der Waals surface area contributed by atoms with Crippen LogP contribution in [0.2, 0.25) is 0 Å². The predicted molar refractivity (Wildman–Crippen MR) is 52.3 cm³/mol. The van der Waals surface area contributed by atoms with Gasteiger partial charge < -0.3 is 4.18 Å². The van der Waals surface area contributed by atoms with Gasteiger partial charge in [0.25, 0.3) is 0 Å². The molecule has 0 radical (unpaired) electrons. The molecule has 0 aliphatic carbocycles. The molecule has 0 fully saturated rings. The van der Waals surface area contributed by atoms with Crippen molar-refractivity contribution in [1.82, 2.24) is 4.98 Å². The van der Waals surface area contributed by atoms with E-state index in [1.165, 1.54) is 13.0 Å². The normalized spacial score (nSPS) is 12.6. The van der Waals surface area contributed by atoms with Crippen LogP contribution >= 0.6 is 15.9 Å². The number of pyridine rings is 1. The summed E-state index contributed by atoms with van der Waals surface area (Å²) in [5.74, 6) is -0.635. The van der Waals surface area contributed by atoms with Crippen LogP contribution in [0.4, 0.5) is 13.2 Å². The molecule has 1 rings (SSSR count). The number of alkyl halides is 3. The highest BCUT2D eigenvalue weighted by molar-refractivity contribution is 9.10. The fraction of sp³-hybridized carbons (Fsp3) is 0.286. The summed E-state index contributed by atoms with van der Waals surface area (Å²) in [5.41, 5.74) is -5.15. The van der Waals surface area contributed by atoms with E-state index in [2.05, 4.69) is 25.1 Å². The van der Waals surface area contributed by atoms with E-state index in [1.807, 2.05) is 0 Å². The van der Waals surface area contributed by atoms with Crippen LogP contribution in [0.3, 0.4) is 0 Å². The van der Waals surface area contributed by atoms with E-state index in [-0.39, 0.29) is 0 Å². The maximum absolute atomic E-state index is 12.0. The van der Waals surface area contributed by atoms with Gasteiger partial charge in [0.15, 0.2) is 0 Å².